The Labute approximate surface area is 179 Å². The lowest BCUT2D eigenvalue weighted by atomic mass is 10.0. The smallest absolute Gasteiger partial charge is 0.265 e. The van der Waals surface area contributed by atoms with Crippen molar-refractivity contribution in [3.05, 3.63) is 84.4 Å². The fourth-order valence-corrected chi connectivity index (χ4v) is 4.18. The number of rotatable bonds is 4. The van der Waals surface area contributed by atoms with E-state index in [1.165, 1.54) is 0 Å². The van der Waals surface area contributed by atoms with Crippen molar-refractivity contribution in [2.75, 3.05) is 5.32 Å². The number of nitrogens with two attached hydrogens (primary N) is 1. The number of fused-ring (bicyclic) bond motifs is 2. The lowest BCUT2D eigenvalue weighted by Crippen LogP contribution is -2.16. The molecule has 6 heteroatoms. The Bertz CT molecular complexity index is 1450. The van der Waals surface area contributed by atoms with Gasteiger partial charge in [-0.15, -0.1) is 0 Å². The number of nitrogens with zero attached hydrogens (tertiary/aromatic N) is 3. The number of nitrogens with one attached hydrogen (secondary N) is 1. The number of pyridine rings is 2. The average molecular weight is 407 g/mol. The zero-order valence-electron chi connectivity index (χ0n) is 17.3. The molecule has 3 aromatic heterocycles. The van der Waals surface area contributed by atoms with Gasteiger partial charge in [0, 0.05) is 58.9 Å². The first-order valence-corrected chi connectivity index (χ1v) is 9.98. The molecular weight excluding hydrogens is 386 g/mol. The van der Waals surface area contributed by atoms with E-state index in [-0.39, 0.29) is 0 Å². The van der Waals surface area contributed by atoms with E-state index in [1.54, 1.807) is 12.4 Å². The van der Waals surface area contributed by atoms with E-state index in [0.29, 0.717) is 5.69 Å². The molecule has 0 aliphatic rings. The van der Waals surface area contributed by atoms with Crippen LogP contribution in [0.15, 0.2) is 73.2 Å². The third-order valence-corrected chi connectivity index (χ3v) is 5.70. The number of aryl methyl sites for hydroxylation is 2. The first kappa shape index (κ1) is 18.8. The summed E-state index contributed by atoms with van der Waals surface area (Å²) < 4.78 is 1.85. The maximum Gasteiger partial charge on any atom is 0.265 e. The Morgan fingerprint density at radius 2 is 1.87 bits per heavy atom. The lowest BCUT2D eigenvalue weighted by Gasteiger charge is -2.11. The van der Waals surface area contributed by atoms with Crippen LogP contribution in [0, 0.1) is 6.92 Å². The largest absolute Gasteiger partial charge is 0.364 e. The van der Waals surface area contributed by atoms with Crippen molar-refractivity contribution in [2.45, 2.75) is 6.92 Å². The fraction of sp³-hybridized carbons (Fsp3) is 0.0800. The van der Waals surface area contributed by atoms with Crippen molar-refractivity contribution < 1.29 is 4.79 Å². The summed E-state index contributed by atoms with van der Waals surface area (Å²) in [5, 5.41) is 5.53. The van der Waals surface area contributed by atoms with Crippen molar-refractivity contribution in [2.24, 2.45) is 12.8 Å². The van der Waals surface area contributed by atoms with Gasteiger partial charge in [-0.2, -0.15) is 0 Å². The number of hydrogen-bond donors (Lipinski definition) is 2. The number of anilines is 2. The van der Waals surface area contributed by atoms with Crippen molar-refractivity contribution in [1.29, 1.82) is 0 Å². The summed E-state index contributed by atoms with van der Waals surface area (Å²) in [6.07, 6.45) is 5.42. The summed E-state index contributed by atoms with van der Waals surface area (Å²) in [6, 6.07) is 18.2. The quantitative estimate of drug-likeness (QED) is 0.442. The molecule has 0 aliphatic carbocycles. The highest BCUT2D eigenvalue weighted by Crippen LogP contribution is 2.32. The normalized spacial score (nSPS) is 11.2. The Hall–Kier alpha value is -4.19. The summed E-state index contributed by atoms with van der Waals surface area (Å²) in [5.74, 6) is -0.421. The molecule has 0 spiro atoms. The molecule has 0 bridgehead atoms. The zero-order valence-corrected chi connectivity index (χ0v) is 17.3. The van der Waals surface area contributed by atoms with Crippen molar-refractivity contribution in [3.63, 3.8) is 0 Å². The minimum absolute atomic E-state index is 0.421. The van der Waals surface area contributed by atoms with Crippen LogP contribution in [0.4, 0.5) is 11.4 Å². The maximum absolute atomic E-state index is 11.8. The summed E-state index contributed by atoms with van der Waals surface area (Å²) >= 11 is 0. The predicted molar refractivity (Wildman–Crippen MR) is 124 cm³/mol. The molecule has 3 heterocycles. The lowest BCUT2D eigenvalue weighted by molar-refractivity contribution is 0.0992. The van der Waals surface area contributed by atoms with Crippen LogP contribution < -0.4 is 11.1 Å². The van der Waals surface area contributed by atoms with Crippen molar-refractivity contribution in [1.82, 2.24) is 14.5 Å². The molecule has 0 saturated carbocycles. The predicted octanol–water partition coefficient (Wildman–Crippen LogP) is 4.94. The van der Waals surface area contributed by atoms with Crippen LogP contribution in [0.2, 0.25) is 0 Å². The second-order valence-electron chi connectivity index (χ2n) is 7.59. The highest BCUT2D eigenvalue weighted by molar-refractivity contribution is 6.02. The van der Waals surface area contributed by atoms with Gasteiger partial charge in [0.05, 0.1) is 5.52 Å². The fourth-order valence-electron chi connectivity index (χ4n) is 4.18. The third kappa shape index (κ3) is 3.18. The molecule has 152 valence electrons. The molecular formula is C25H21N5O. The van der Waals surface area contributed by atoms with Gasteiger partial charge in [0.25, 0.3) is 5.91 Å². The number of benzene rings is 2. The molecule has 2 aromatic carbocycles. The van der Waals surface area contributed by atoms with Crippen LogP contribution in [0.5, 0.6) is 0 Å². The molecule has 0 atom stereocenters. The molecule has 5 aromatic rings. The Morgan fingerprint density at radius 1 is 1.00 bits per heavy atom. The van der Waals surface area contributed by atoms with Crippen LogP contribution in [0.1, 0.15) is 16.1 Å². The maximum atomic E-state index is 11.8. The topological polar surface area (TPSA) is 85.8 Å². The van der Waals surface area contributed by atoms with E-state index in [9.17, 15) is 4.79 Å². The van der Waals surface area contributed by atoms with E-state index in [4.69, 9.17) is 5.73 Å². The number of hydrogen-bond acceptors (Lipinski definition) is 4. The van der Waals surface area contributed by atoms with Crippen LogP contribution in [-0.2, 0) is 7.05 Å². The van der Waals surface area contributed by atoms with Gasteiger partial charge in [-0.1, -0.05) is 18.2 Å². The summed E-state index contributed by atoms with van der Waals surface area (Å²) in [7, 11) is 1.86. The average Bonchev–Trinajstić information content (AvgIpc) is 3.04. The molecule has 3 N–H and O–H groups in total. The molecule has 5 rings (SSSR count). The van der Waals surface area contributed by atoms with Crippen molar-refractivity contribution >= 4 is 39.1 Å². The van der Waals surface area contributed by atoms with Crippen LogP contribution in [-0.4, -0.2) is 20.4 Å². The second kappa shape index (κ2) is 7.25. The van der Waals surface area contributed by atoms with Gasteiger partial charge in [0.15, 0.2) is 0 Å². The number of aromatic nitrogens is 3. The monoisotopic (exact) mass is 407 g/mol. The summed E-state index contributed by atoms with van der Waals surface area (Å²) in [5.41, 5.74) is 12.9. The van der Waals surface area contributed by atoms with E-state index >= 15 is 0 Å². The standard InChI is InChI=1S/C25H21N5O/c1-15-20-13-18(6-8-23(20)30(2)24(15)25(26)31)29-21-9-11-28-22-12-16(5-7-19(21)22)17-4-3-10-27-14-17/h3-14H,1-2H3,(H2,26,31)(H,28,29). The van der Waals surface area contributed by atoms with Gasteiger partial charge in [-0.25, -0.2) is 0 Å². The second-order valence-corrected chi connectivity index (χ2v) is 7.59. The molecule has 1 amide bonds. The highest BCUT2D eigenvalue weighted by Gasteiger charge is 2.16. The zero-order chi connectivity index (χ0) is 21.5. The molecule has 31 heavy (non-hydrogen) atoms. The molecule has 0 unspecified atom stereocenters. The van der Waals surface area contributed by atoms with Gasteiger partial charge >= 0.3 is 0 Å². The molecule has 0 radical (unpaired) electrons. The molecule has 0 aliphatic heterocycles. The first-order valence-electron chi connectivity index (χ1n) is 9.98. The SMILES string of the molecule is Cc1c(C(N)=O)n(C)c2ccc(Nc3ccnc4cc(-c5cccnc5)ccc34)cc12. The van der Waals surface area contributed by atoms with E-state index in [0.717, 1.165) is 49.9 Å². The van der Waals surface area contributed by atoms with Crippen LogP contribution in [0.3, 0.4) is 0 Å². The molecule has 6 nitrogen and oxygen atoms in total. The van der Waals surface area contributed by atoms with Crippen LogP contribution in [0.25, 0.3) is 32.9 Å². The van der Waals surface area contributed by atoms with Gasteiger partial charge in [-0.05, 0) is 54.4 Å². The van der Waals surface area contributed by atoms with Gasteiger partial charge in [0.2, 0.25) is 0 Å². The first-order chi connectivity index (χ1) is 15.0. The van der Waals surface area contributed by atoms with Gasteiger partial charge in [0.1, 0.15) is 5.69 Å². The van der Waals surface area contributed by atoms with Gasteiger partial charge in [-0.3, -0.25) is 14.8 Å². The summed E-state index contributed by atoms with van der Waals surface area (Å²) in [6.45, 7) is 1.92. The Morgan fingerprint density at radius 3 is 2.65 bits per heavy atom. The molecule has 0 saturated heterocycles. The van der Waals surface area contributed by atoms with Crippen molar-refractivity contribution in [3.8, 4) is 11.1 Å². The number of primary amides is 1. The number of carbonyl (C=O) groups excluding carboxylic acids is 1. The minimum Gasteiger partial charge on any atom is -0.364 e. The highest BCUT2D eigenvalue weighted by atomic mass is 16.1. The summed E-state index contributed by atoms with van der Waals surface area (Å²) in [4.78, 5) is 20.6. The van der Waals surface area contributed by atoms with Gasteiger partial charge < -0.3 is 15.6 Å². The van der Waals surface area contributed by atoms with Crippen LogP contribution >= 0.6 is 0 Å². The minimum atomic E-state index is -0.421. The molecule has 0 fully saturated rings. The Kier molecular flexibility index (Phi) is 4.40. The number of amides is 1. The number of carbonyl (C=O) groups is 1. The third-order valence-electron chi connectivity index (χ3n) is 5.70. The Balaban J connectivity index is 1.55. The van der Waals surface area contributed by atoms with E-state index in [2.05, 4.69) is 33.5 Å². The van der Waals surface area contributed by atoms with E-state index < -0.39 is 5.91 Å². The van der Waals surface area contributed by atoms with E-state index in [1.807, 2.05) is 61.1 Å².